The molecule has 130 valence electrons. The monoisotopic (exact) mass is 329 g/mol. The van der Waals surface area contributed by atoms with Gasteiger partial charge in [-0.05, 0) is 37.3 Å². The number of aliphatic imine (C=N–C) groups is 1. The van der Waals surface area contributed by atoms with Crippen LogP contribution in [0.4, 0.5) is 0 Å². The molecule has 1 saturated heterocycles. The van der Waals surface area contributed by atoms with E-state index in [9.17, 15) is 0 Å². The molecule has 0 bridgehead atoms. The van der Waals surface area contributed by atoms with Gasteiger partial charge in [-0.3, -0.25) is 4.99 Å². The van der Waals surface area contributed by atoms with Crippen molar-refractivity contribution in [3.8, 4) is 0 Å². The fourth-order valence-electron chi connectivity index (χ4n) is 3.19. The van der Waals surface area contributed by atoms with Gasteiger partial charge in [0, 0.05) is 39.2 Å². The lowest BCUT2D eigenvalue weighted by molar-refractivity contribution is 0.0625. The number of guanidine groups is 1. The summed E-state index contributed by atoms with van der Waals surface area (Å²) in [5.41, 5.74) is 0.928. The maximum Gasteiger partial charge on any atom is 0.193 e. The molecule has 1 aliphatic rings. The number of rotatable bonds is 5. The normalized spacial score (nSPS) is 16.5. The molecule has 3 rings (SSSR count). The number of ether oxygens (including phenoxy) is 1. The number of hydrogen-bond donors (Lipinski definition) is 1. The van der Waals surface area contributed by atoms with E-state index in [1.54, 1.807) is 0 Å². The molecule has 1 aromatic carbocycles. The Hall–Kier alpha value is -2.01. The van der Waals surface area contributed by atoms with Crippen molar-refractivity contribution in [2.24, 2.45) is 10.9 Å². The Balaban J connectivity index is 1.50. The summed E-state index contributed by atoms with van der Waals surface area (Å²) in [7, 11) is 3.92. The smallest absolute Gasteiger partial charge is 0.193 e. The molecule has 0 atom stereocenters. The number of nitrogens with one attached hydrogen (secondary N) is 1. The standard InChI is InChI=1S/C19H27N3O2/c1-20-19(22(2)10-7-15-8-11-23-12-9-15)21-14-17-13-16-5-3-4-6-18(16)24-17/h3-6,13,15H,7-12,14H2,1-2H3,(H,20,21). The Morgan fingerprint density at radius 1 is 1.29 bits per heavy atom. The molecule has 0 saturated carbocycles. The van der Waals surface area contributed by atoms with Gasteiger partial charge in [-0.1, -0.05) is 18.2 Å². The number of nitrogens with zero attached hydrogens (tertiary/aromatic N) is 2. The van der Waals surface area contributed by atoms with Gasteiger partial charge in [0.2, 0.25) is 0 Å². The van der Waals surface area contributed by atoms with Crippen LogP contribution in [0, 0.1) is 5.92 Å². The maximum atomic E-state index is 5.85. The summed E-state index contributed by atoms with van der Waals surface area (Å²) in [5, 5.41) is 4.53. The lowest BCUT2D eigenvalue weighted by Gasteiger charge is -2.26. The summed E-state index contributed by atoms with van der Waals surface area (Å²) in [4.78, 5) is 6.58. The molecule has 5 heteroatoms. The average molecular weight is 329 g/mol. The molecule has 0 spiro atoms. The highest BCUT2D eigenvalue weighted by Crippen LogP contribution is 2.19. The van der Waals surface area contributed by atoms with Crippen LogP contribution in [0.2, 0.25) is 0 Å². The van der Waals surface area contributed by atoms with Crippen molar-refractivity contribution in [2.75, 3.05) is 33.9 Å². The highest BCUT2D eigenvalue weighted by molar-refractivity contribution is 5.80. The largest absolute Gasteiger partial charge is 0.459 e. The topological polar surface area (TPSA) is 50.0 Å². The molecule has 0 radical (unpaired) electrons. The molecule has 0 unspecified atom stereocenters. The highest BCUT2D eigenvalue weighted by Gasteiger charge is 2.15. The minimum absolute atomic E-state index is 0.642. The van der Waals surface area contributed by atoms with Gasteiger partial charge < -0.3 is 19.4 Å². The minimum atomic E-state index is 0.642. The predicted octanol–water partition coefficient (Wildman–Crippen LogP) is 3.26. The summed E-state index contributed by atoms with van der Waals surface area (Å²) in [5.74, 6) is 2.60. The van der Waals surface area contributed by atoms with Crippen LogP contribution >= 0.6 is 0 Å². The van der Waals surface area contributed by atoms with Crippen molar-refractivity contribution in [1.82, 2.24) is 10.2 Å². The third kappa shape index (κ3) is 4.29. The van der Waals surface area contributed by atoms with E-state index in [2.05, 4.69) is 34.4 Å². The van der Waals surface area contributed by atoms with E-state index in [1.807, 2.05) is 25.2 Å². The van der Waals surface area contributed by atoms with Crippen LogP contribution in [0.1, 0.15) is 25.0 Å². The van der Waals surface area contributed by atoms with Crippen LogP contribution in [-0.4, -0.2) is 44.7 Å². The van der Waals surface area contributed by atoms with Crippen molar-refractivity contribution >= 4 is 16.9 Å². The number of fused-ring (bicyclic) bond motifs is 1. The molecule has 2 heterocycles. The molecule has 1 fully saturated rings. The molecule has 0 amide bonds. The van der Waals surface area contributed by atoms with Gasteiger partial charge in [-0.2, -0.15) is 0 Å². The quantitative estimate of drug-likeness (QED) is 0.676. The minimum Gasteiger partial charge on any atom is -0.459 e. The lowest BCUT2D eigenvalue weighted by atomic mass is 9.96. The summed E-state index contributed by atoms with van der Waals surface area (Å²) < 4.78 is 11.3. The fraction of sp³-hybridized carbons (Fsp3) is 0.526. The van der Waals surface area contributed by atoms with Crippen molar-refractivity contribution in [2.45, 2.75) is 25.8 Å². The maximum absolute atomic E-state index is 5.85. The highest BCUT2D eigenvalue weighted by atomic mass is 16.5. The summed E-state index contributed by atoms with van der Waals surface area (Å²) in [6.07, 6.45) is 3.54. The van der Waals surface area contributed by atoms with Crippen LogP contribution in [0.5, 0.6) is 0 Å². The first-order valence-electron chi connectivity index (χ1n) is 8.73. The summed E-state index contributed by atoms with van der Waals surface area (Å²) >= 11 is 0. The third-order valence-corrected chi connectivity index (χ3v) is 4.68. The van der Waals surface area contributed by atoms with Gasteiger partial charge in [0.15, 0.2) is 5.96 Å². The summed E-state index contributed by atoms with van der Waals surface area (Å²) in [6.45, 7) is 3.47. The molecular weight excluding hydrogens is 302 g/mol. The van der Waals surface area contributed by atoms with Crippen molar-refractivity contribution in [3.05, 3.63) is 36.1 Å². The van der Waals surface area contributed by atoms with E-state index in [0.29, 0.717) is 6.54 Å². The Labute approximate surface area is 143 Å². The Kier molecular flexibility index (Phi) is 5.75. The molecule has 1 aliphatic heterocycles. The van der Waals surface area contributed by atoms with E-state index < -0.39 is 0 Å². The van der Waals surface area contributed by atoms with E-state index >= 15 is 0 Å². The van der Waals surface area contributed by atoms with Gasteiger partial charge in [0.25, 0.3) is 0 Å². The zero-order valence-corrected chi connectivity index (χ0v) is 14.6. The van der Waals surface area contributed by atoms with E-state index in [-0.39, 0.29) is 0 Å². The van der Waals surface area contributed by atoms with Gasteiger partial charge in [-0.15, -0.1) is 0 Å². The number of benzene rings is 1. The summed E-state index contributed by atoms with van der Waals surface area (Å²) in [6, 6.07) is 10.2. The van der Waals surface area contributed by atoms with E-state index in [4.69, 9.17) is 9.15 Å². The van der Waals surface area contributed by atoms with Gasteiger partial charge in [0.05, 0.1) is 6.54 Å². The molecule has 5 nitrogen and oxygen atoms in total. The van der Waals surface area contributed by atoms with E-state index in [0.717, 1.165) is 48.4 Å². The van der Waals surface area contributed by atoms with Gasteiger partial charge >= 0.3 is 0 Å². The van der Waals surface area contributed by atoms with Gasteiger partial charge in [0.1, 0.15) is 11.3 Å². The van der Waals surface area contributed by atoms with Crippen molar-refractivity contribution < 1.29 is 9.15 Å². The molecule has 1 aromatic heterocycles. The molecule has 1 N–H and O–H groups in total. The number of furan rings is 1. The molecular formula is C19H27N3O2. The third-order valence-electron chi connectivity index (χ3n) is 4.68. The first kappa shape index (κ1) is 16.8. The second-order valence-electron chi connectivity index (χ2n) is 6.42. The fourth-order valence-corrected chi connectivity index (χ4v) is 3.19. The number of hydrogen-bond acceptors (Lipinski definition) is 3. The predicted molar refractivity (Wildman–Crippen MR) is 97.2 cm³/mol. The van der Waals surface area contributed by atoms with Crippen LogP contribution in [0.25, 0.3) is 11.0 Å². The zero-order chi connectivity index (χ0) is 16.8. The Morgan fingerprint density at radius 2 is 2.08 bits per heavy atom. The van der Waals surface area contributed by atoms with Gasteiger partial charge in [-0.25, -0.2) is 0 Å². The van der Waals surface area contributed by atoms with E-state index in [1.165, 1.54) is 19.3 Å². The Morgan fingerprint density at radius 3 is 2.83 bits per heavy atom. The second kappa shape index (κ2) is 8.20. The number of para-hydroxylation sites is 1. The van der Waals surface area contributed by atoms with Crippen molar-refractivity contribution in [3.63, 3.8) is 0 Å². The molecule has 0 aliphatic carbocycles. The van der Waals surface area contributed by atoms with Crippen LogP contribution in [0.15, 0.2) is 39.7 Å². The molecule has 2 aromatic rings. The first-order chi connectivity index (χ1) is 11.8. The van der Waals surface area contributed by atoms with Crippen LogP contribution in [0.3, 0.4) is 0 Å². The molecule has 24 heavy (non-hydrogen) atoms. The van der Waals surface area contributed by atoms with Crippen LogP contribution in [-0.2, 0) is 11.3 Å². The van der Waals surface area contributed by atoms with Crippen molar-refractivity contribution in [1.29, 1.82) is 0 Å². The Bertz CT molecular complexity index is 641. The zero-order valence-electron chi connectivity index (χ0n) is 14.6. The lowest BCUT2D eigenvalue weighted by Crippen LogP contribution is -2.39. The first-order valence-corrected chi connectivity index (χ1v) is 8.73. The SMILES string of the molecule is CN=C(NCc1cc2ccccc2o1)N(C)CCC1CCOCC1. The average Bonchev–Trinajstić information content (AvgIpc) is 3.04. The second-order valence-corrected chi connectivity index (χ2v) is 6.42. The van der Waals surface area contributed by atoms with Crippen LogP contribution < -0.4 is 5.32 Å².